The van der Waals surface area contributed by atoms with Crippen molar-refractivity contribution in [2.75, 3.05) is 0 Å². The van der Waals surface area contributed by atoms with Gasteiger partial charge in [0, 0.05) is 10.6 Å². The molecule has 1 aromatic rings. The number of carbonyl (C=O) groups is 1. The average molecular weight is 231 g/mol. The topological polar surface area (TPSA) is 17.1 Å². The SMILES string of the molecule is CCC(Cl)C(=O)c1cccc(Cl)c1C. The van der Waals surface area contributed by atoms with Gasteiger partial charge in [-0.05, 0) is 25.0 Å². The van der Waals surface area contributed by atoms with Crippen molar-refractivity contribution in [2.24, 2.45) is 0 Å². The zero-order chi connectivity index (χ0) is 10.7. The van der Waals surface area contributed by atoms with Gasteiger partial charge in [-0.2, -0.15) is 0 Å². The average Bonchev–Trinajstić information content (AvgIpc) is 2.20. The molecule has 0 spiro atoms. The molecule has 0 aliphatic heterocycles. The Bertz CT molecular complexity index is 347. The summed E-state index contributed by atoms with van der Waals surface area (Å²) in [6.45, 7) is 3.71. The van der Waals surface area contributed by atoms with Crippen molar-refractivity contribution in [2.45, 2.75) is 25.6 Å². The lowest BCUT2D eigenvalue weighted by Crippen LogP contribution is -2.14. The third-order valence-corrected chi connectivity index (χ3v) is 3.09. The summed E-state index contributed by atoms with van der Waals surface area (Å²) in [5.41, 5.74) is 1.43. The van der Waals surface area contributed by atoms with E-state index >= 15 is 0 Å². The molecular weight excluding hydrogens is 219 g/mol. The Morgan fingerprint density at radius 2 is 2.14 bits per heavy atom. The quantitative estimate of drug-likeness (QED) is 0.570. The number of Topliss-reactive ketones (excluding diaryl/α,β-unsaturated/α-hetero) is 1. The molecule has 1 nitrogen and oxygen atoms in total. The molecule has 14 heavy (non-hydrogen) atoms. The lowest BCUT2D eigenvalue weighted by molar-refractivity contribution is 0.0985. The smallest absolute Gasteiger partial charge is 0.180 e. The summed E-state index contributed by atoms with van der Waals surface area (Å²) in [5, 5.41) is 0.156. The summed E-state index contributed by atoms with van der Waals surface area (Å²) >= 11 is 11.8. The number of ketones is 1. The molecule has 0 saturated carbocycles. The lowest BCUT2D eigenvalue weighted by Gasteiger charge is -2.09. The molecular formula is C11H12Cl2O. The molecule has 0 radical (unpaired) electrons. The van der Waals surface area contributed by atoms with Crippen molar-refractivity contribution in [3.05, 3.63) is 34.3 Å². The van der Waals surface area contributed by atoms with Gasteiger partial charge in [-0.25, -0.2) is 0 Å². The Kier molecular flexibility index (Phi) is 3.97. The molecule has 0 N–H and O–H groups in total. The number of halogens is 2. The first-order valence-electron chi connectivity index (χ1n) is 4.51. The summed E-state index contributed by atoms with van der Waals surface area (Å²) in [4.78, 5) is 11.8. The van der Waals surface area contributed by atoms with Crippen LogP contribution in [0.4, 0.5) is 0 Å². The van der Waals surface area contributed by atoms with E-state index in [0.29, 0.717) is 17.0 Å². The van der Waals surface area contributed by atoms with E-state index in [0.717, 1.165) is 5.56 Å². The van der Waals surface area contributed by atoms with Gasteiger partial charge in [0.1, 0.15) is 0 Å². The Labute approximate surface area is 94.0 Å². The van der Waals surface area contributed by atoms with Gasteiger partial charge in [-0.15, -0.1) is 11.6 Å². The van der Waals surface area contributed by atoms with Crippen molar-refractivity contribution >= 4 is 29.0 Å². The van der Waals surface area contributed by atoms with Crippen LogP contribution < -0.4 is 0 Å². The maximum absolute atomic E-state index is 11.8. The summed E-state index contributed by atoms with van der Waals surface area (Å²) in [6.07, 6.45) is 0.631. The minimum atomic E-state index is -0.452. The van der Waals surface area contributed by atoms with Crippen LogP contribution in [-0.4, -0.2) is 11.2 Å². The Morgan fingerprint density at radius 1 is 1.50 bits per heavy atom. The molecule has 1 aromatic carbocycles. The molecule has 0 aliphatic rings. The zero-order valence-electron chi connectivity index (χ0n) is 8.18. The fraction of sp³-hybridized carbons (Fsp3) is 0.364. The van der Waals surface area contributed by atoms with Crippen LogP contribution in [0.5, 0.6) is 0 Å². The van der Waals surface area contributed by atoms with E-state index in [2.05, 4.69) is 0 Å². The molecule has 0 aromatic heterocycles. The van der Waals surface area contributed by atoms with Gasteiger partial charge in [-0.1, -0.05) is 30.7 Å². The van der Waals surface area contributed by atoms with Crippen LogP contribution in [0.1, 0.15) is 29.3 Å². The van der Waals surface area contributed by atoms with Crippen LogP contribution in [0.15, 0.2) is 18.2 Å². The van der Waals surface area contributed by atoms with E-state index in [9.17, 15) is 4.79 Å². The van der Waals surface area contributed by atoms with Crippen molar-refractivity contribution in [1.29, 1.82) is 0 Å². The molecule has 0 heterocycles. The van der Waals surface area contributed by atoms with Gasteiger partial charge in [-0.3, -0.25) is 4.79 Å². The highest BCUT2D eigenvalue weighted by Crippen LogP contribution is 2.21. The van der Waals surface area contributed by atoms with Gasteiger partial charge in [0.15, 0.2) is 5.78 Å². The van der Waals surface area contributed by atoms with Crippen LogP contribution in [-0.2, 0) is 0 Å². The van der Waals surface area contributed by atoms with E-state index in [4.69, 9.17) is 23.2 Å². The van der Waals surface area contributed by atoms with Crippen LogP contribution in [0, 0.1) is 6.92 Å². The third kappa shape index (κ3) is 2.28. The first-order valence-corrected chi connectivity index (χ1v) is 5.32. The maximum atomic E-state index is 11.8. The van der Waals surface area contributed by atoms with Gasteiger partial charge in [0.25, 0.3) is 0 Å². The Hall–Kier alpha value is -0.530. The molecule has 1 atom stereocenters. The monoisotopic (exact) mass is 230 g/mol. The highest BCUT2D eigenvalue weighted by molar-refractivity contribution is 6.35. The van der Waals surface area contributed by atoms with E-state index in [-0.39, 0.29) is 5.78 Å². The zero-order valence-corrected chi connectivity index (χ0v) is 9.69. The van der Waals surface area contributed by atoms with Crippen LogP contribution in [0.2, 0.25) is 5.02 Å². The van der Waals surface area contributed by atoms with Gasteiger partial charge < -0.3 is 0 Å². The summed E-state index contributed by atoms with van der Waals surface area (Å²) in [6, 6.07) is 5.29. The molecule has 0 fully saturated rings. The first-order chi connectivity index (χ1) is 6.57. The highest BCUT2D eigenvalue weighted by atomic mass is 35.5. The molecule has 1 rings (SSSR count). The summed E-state index contributed by atoms with van der Waals surface area (Å²) in [7, 11) is 0. The number of carbonyl (C=O) groups excluding carboxylic acids is 1. The van der Waals surface area contributed by atoms with E-state index in [1.165, 1.54) is 0 Å². The molecule has 0 bridgehead atoms. The second-order valence-corrected chi connectivity index (χ2v) is 4.09. The Morgan fingerprint density at radius 3 is 2.71 bits per heavy atom. The molecule has 3 heteroatoms. The number of hydrogen-bond acceptors (Lipinski definition) is 1. The third-order valence-electron chi connectivity index (χ3n) is 2.18. The fourth-order valence-electron chi connectivity index (χ4n) is 1.23. The number of alkyl halides is 1. The van der Waals surface area contributed by atoms with Crippen LogP contribution in [0.25, 0.3) is 0 Å². The van der Waals surface area contributed by atoms with Crippen molar-refractivity contribution < 1.29 is 4.79 Å². The second kappa shape index (κ2) is 4.81. The molecule has 0 aliphatic carbocycles. The minimum absolute atomic E-state index is 0.0471. The predicted octanol–water partition coefficient (Wildman–Crippen LogP) is 3.85. The normalized spacial score (nSPS) is 12.6. The van der Waals surface area contributed by atoms with Gasteiger partial charge in [0.2, 0.25) is 0 Å². The van der Waals surface area contributed by atoms with E-state index < -0.39 is 5.38 Å². The largest absolute Gasteiger partial charge is 0.292 e. The number of benzene rings is 1. The van der Waals surface area contributed by atoms with Crippen LogP contribution in [0.3, 0.4) is 0 Å². The first kappa shape index (κ1) is 11.5. The van der Waals surface area contributed by atoms with Crippen molar-refractivity contribution in [3.63, 3.8) is 0 Å². The van der Waals surface area contributed by atoms with Crippen molar-refractivity contribution in [3.8, 4) is 0 Å². The molecule has 0 amide bonds. The van der Waals surface area contributed by atoms with Gasteiger partial charge in [0.05, 0.1) is 5.38 Å². The van der Waals surface area contributed by atoms with E-state index in [1.807, 2.05) is 13.8 Å². The van der Waals surface area contributed by atoms with Gasteiger partial charge >= 0.3 is 0 Å². The number of hydrogen-bond donors (Lipinski definition) is 0. The fourth-order valence-corrected chi connectivity index (χ4v) is 1.52. The number of rotatable bonds is 3. The second-order valence-electron chi connectivity index (χ2n) is 3.15. The summed E-state index contributed by atoms with van der Waals surface area (Å²) < 4.78 is 0. The van der Waals surface area contributed by atoms with Crippen LogP contribution >= 0.6 is 23.2 Å². The summed E-state index contributed by atoms with van der Waals surface area (Å²) in [5.74, 6) is -0.0471. The molecule has 1 unspecified atom stereocenters. The standard InChI is InChI=1S/C11H12Cl2O/c1-3-9(12)11(14)8-5-4-6-10(13)7(8)2/h4-6,9H,3H2,1-2H3. The predicted molar refractivity (Wildman–Crippen MR) is 60.5 cm³/mol. The Balaban J connectivity index is 3.07. The lowest BCUT2D eigenvalue weighted by atomic mass is 10.0. The molecule has 0 saturated heterocycles. The van der Waals surface area contributed by atoms with E-state index in [1.54, 1.807) is 18.2 Å². The van der Waals surface area contributed by atoms with Crippen molar-refractivity contribution in [1.82, 2.24) is 0 Å². The molecule has 76 valence electrons. The highest BCUT2D eigenvalue weighted by Gasteiger charge is 2.17. The maximum Gasteiger partial charge on any atom is 0.180 e. The minimum Gasteiger partial charge on any atom is -0.292 e.